The summed E-state index contributed by atoms with van der Waals surface area (Å²) in [6, 6.07) is 6.71. The smallest absolute Gasteiger partial charge is 0.297 e. The number of hydrogen-bond donors (Lipinski definition) is 0. The number of nitrogens with zero attached hydrogens (tertiary/aromatic N) is 1. The van der Waals surface area contributed by atoms with Crippen molar-refractivity contribution in [1.29, 1.82) is 0 Å². The second kappa shape index (κ2) is 6.06. The predicted molar refractivity (Wildman–Crippen MR) is 79.6 cm³/mol. The van der Waals surface area contributed by atoms with Crippen LogP contribution in [0.3, 0.4) is 0 Å². The highest BCUT2D eigenvalue weighted by Crippen LogP contribution is 2.30. The van der Waals surface area contributed by atoms with Crippen LogP contribution in [-0.2, 0) is 14.3 Å². The highest BCUT2D eigenvalue weighted by Gasteiger charge is 2.31. The van der Waals surface area contributed by atoms with E-state index in [-0.39, 0.29) is 16.9 Å². The van der Waals surface area contributed by atoms with Gasteiger partial charge < -0.3 is 0 Å². The molecule has 0 bridgehead atoms. The Bertz CT molecular complexity index is 578. The zero-order valence-electron chi connectivity index (χ0n) is 12.0. The van der Waals surface area contributed by atoms with Gasteiger partial charge in [-0.25, -0.2) is 0 Å². The summed E-state index contributed by atoms with van der Waals surface area (Å²) in [5.74, 6) is 0. The third kappa shape index (κ3) is 3.46. The highest BCUT2D eigenvalue weighted by molar-refractivity contribution is 7.86. The van der Waals surface area contributed by atoms with Gasteiger partial charge in [0.1, 0.15) is 0 Å². The largest absolute Gasteiger partial charge is 0.297 e. The normalized spacial score (nSPS) is 22.9. The summed E-state index contributed by atoms with van der Waals surface area (Å²) in [5.41, 5.74) is 0.782. The van der Waals surface area contributed by atoms with Gasteiger partial charge in [-0.15, -0.1) is 0 Å². The third-order valence-corrected chi connectivity index (χ3v) is 5.12. The topological polar surface area (TPSA) is 55.7 Å². The molecular weight excluding hydrogens is 274 g/mol. The van der Waals surface area contributed by atoms with Gasteiger partial charge in [-0.05, 0) is 38.3 Å². The van der Waals surface area contributed by atoms with Gasteiger partial charge in [-0.2, -0.15) is 8.42 Å². The van der Waals surface area contributed by atoms with Gasteiger partial charge >= 0.3 is 0 Å². The Morgan fingerprint density at radius 3 is 2.55 bits per heavy atom. The molecule has 4 nitrogen and oxygen atoms in total. The minimum Gasteiger partial charge on any atom is -0.297 e. The molecule has 0 saturated heterocycles. The van der Waals surface area contributed by atoms with Crippen LogP contribution in [-0.4, -0.2) is 27.8 Å². The molecule has 0 spiro atoms. The molecule has 1 aliphatic heterocycles. The first-order valence-electron chi connectivity index (χ1n) is 6.95. The van der Waals surface area contributed by atoms with Gasteiger partial charge in [-0.3, -0.25) is 9.18 Å². The van der Waals surface area contributed by atoms with Crippen molar-refractivity contribution in [2.24, 2.45) is 10.4 Å². The Balaban J connectivity index is 2.10. The van der Waals surface area contributed by atoms with E-state index in [1.165, 1.54) is 0 Å². The maximum absolute atomic E-state index is 12.2. The van der Waals surface area contributed by atoms with Gasteiger partial charge in [0.25, 0.3) is 10.1 Å². The van der Waals surface area contributed by atoms with Crippen LogP contribution < -0.4 is 0 Å². The predicted octanol–water partition coefficient (Wildman–Crippen LogP) is 2.96. The molecule has 2 rings (SSSR count). The lowest BCUT2D eigenvalue weighted by Gasteiger charge is -2.30. The molecule has 20 heavy (non-hydrogen) atoms. The number of benzene rings is 1. The second-order valence-corrected chi connectivity index (χ2v) is 7.00. The van der Waals surface area contributed by atoms with Crippen molar-refractivity contribution in [3.05, 3.63) is 29.8 Å². The van der Waals surface area contributed by atoms with Crippen molar-refractivity contribution in [2.45, 2.75) is 38.0 Å². The second-order valence-electron chi connectivity index (χ2n) is 5.38. The lowest BCUT2D eigenvalue weighted by atomic mass is 9.81. The molecule has 0 unspecified atom stereocenters. The summed E-state index contributed by atoms with van der Waals surface area (Å²) >= 11 is 0. The summed E-state index contributed by atoms with van der Waals surface area (Å²) in [6.45, 7) is 4.96. The monoisotopic (exact) mass is 295 g/mol. The Labute approximate surface area is 121 Å². The molecule has 0 aromatic heterocycles. The summed E-state index contributed by atoms with van der Waals surface area (Å²) < 4.78 is 29.6. The van der Waals surface area contributed by atoms with Crippen LogP contribution in [0.5, 0.6) is 0 Å². The maximum Gasteiger partial charge on any atom is 0.297 e. The standard InChI is InChI=1S/C15H21NO3S/c1-3-15(9-4-10-16-11-15)12-19-20(17,18)14-7-5-13(2)6-8-14/h5-8,11H,3-4,9-10,12H2,1-2H3/t15-/m0/s1. The average Bonchev–Trinajstić information content (AvgIpc) is 2.47. The minimum absolute atomic E-state index is 0.170. The van der Waals surface area contributed by atoms with E-state index in [0.717, 1.165) is 31.4 Å². The first-order chi connectivity index (χ1) is 9.47. The van der Waals surface area contributed by atoms with Crippen LogP contribution in [0.25, 0.3) is 0 Å². The van der Waals surface area contributed by atoms with Crippen molar-refractivity contribution in [2.75, 3.05) is 13.2 Å². The fourth-order valence-corrected chi connectivity index (χ4v) is 3.29. The summed E-state index contributed by atoms with van der Waals surface area (Å²) in [4.78, 5) is 4.50. The molecule has 110 valence electrons. The fraction of sp³-hybridized carbons (Fsp3) is 0.533. The molecule has 1 aliphatic rings. The first kappa shape index (κ1) is 15.2. The molecule has 0 N–H and O–H groups in total. The summed E-state index contributed by atoms with van der Waals surface area (Å²) in [6.07, 6.45) is 4.62. The molecular formula is C15H21NO3S. The van der Waals surface area contributed by atoms with E-state index in [4.69, 9.17) is 4.18 Å². The van der Waals surface area contributed by atoms with E-state index in [1.807, 2.05) is 20.1 Å². The van der Waals surface area contributed by atoms with E-state index in [0.29, 0.717) is 0 Å². The molecule has 1 heterocycles. The quantitative estimate of drug-likeness (QED) is 0.785. The van der Waals surface area contributed by atoms with Crippen molar-refractivity contribution >= 4 is 16.3 Å². The van der Waals surface area contributed by atoms with E-state index >= 15 is 0 Å². The van der Waals surface area contributed by atoms with Crippen LogP contribution >= 0.6 is 0 Å². The highest BCUT2D eigenvalue weighted by atomic mass is 32.2. The Morgan fingerprint density at radius 2 is 2.00 bits per heavy atom. The lowest BCUT2D eigenvalue weighted by molar-refractivity contribution is 0.194. The van der Waals surface area contributed by atoms with E-state index in [9.17, 15) is 8.42 Å². The van der Waals surface area contributed by atoms with Gasteiger partial charge in [-0.1, -0.05) is 24.6 Å². The summed E-state index contributed by atoms with van der Waals surface area (Å²) in [7, 11) is -3.69. The zero-order chi connectivity index (χ0) is 14.6. The summed E-state index contributed by atoms with van der Waals surface area (Å²) in [5, 5.41) is 0. The van der Waals surface area contributed by atoms with E-state index in [2.05, 4.69) is 4.99 Å². The minimum atomic E-state index is -3.69. The van der Waals surface area contributed by atoms with Crippen molar-refractivity contribution in [3.63, 3.8) is 0 Å². The molecule has 0 aliphatic carbocycles. The zero-order valence-corrected chi connectivity index (χ0v) is 12.8. The number of aliphatic imine (C=N–C) groups is 1. The van der Waals surface area contributed by atoms with Crippen molar-refractivity contribution in [1.82, 2.24) is 0 Å². The number of aryl methyl sites for hydroxylation is 1. The van der Waals surface area contributed by atoms with Crippen molar-refractivity contribution in [3.8, 4) is 0 Å². The molecule has 1 aromatic carbocycles. The van der Waals surface area contributed by atoms with Crippen molar-refractivity contribution < 1.29 is 12.6 Å². The molecule has 1 aromatic rings. The average molecular weight is 295 g/mol. The van der Waals surface area contributed by atoms with Gasteiger partial charge in [0.2, 0.25) is 0 Å². The molecule has 0 saturated carbocycles. The van der Waals surface area contributed by atoms with E-state index in [1.54, 1.807) is 24.3 Å². The maximum atomic E-state index is 12.2. The number of hydrogen-bond acceptors (Lipinski definition) is 4. The van der Waals surface area contributed by atoms with Gasteiger partial charge in [0, 0.05) is 18.2 Å². The molecule has 0 amide bonds. The number of rotatable bonds is 5. The Hall–Kier alpha value is -1.20. The first-order valence-corrected chi connectivity index (χ1v) is 8.35. The Kier molecular flexibility index (Phi) is 4.60. The molecule has 0 radical (unpaired) electrons. The van der Waals surface area contributed by atoms with Crippen LogP contribution in [0.1, 0.15) is 31.7 Å². The SMILES string of the molecule is CC[C@@]1(COS(=O)(=O)c2ccc(C)cc2)C=NCCC1. The van der Waals surface area contributed by atoms with Gasteiger partial charge in [0.15, 0.2) is 0 Å². The fourth-order valence-electron chi connectivity index (χ4n) is 2.29. The lowest BCUT2D eigenvalue weighted by Crippen LogP contribution is -2.32. The third-order valence-electron chi connectivity index (χ3n) is 3.84. The van der Waals surface area contributed by atoms with Gasteiger partial charge in [0.05, 0.1) is 11.5 Å². The molecule has 5 heteroatoms. The van der Waals surface area contributed by atoms with Crippen LogP contribution in [0, 0.1) is 12.3 Å². The Morgan fingerprint density at radius 1 is 1.30 bits per heavy atom. The van der Waals surface area contributed by atoms with Crippen LogP contribution in [0.4, 0.5) is 0 Å². The van der Waals surface area contributed by atoms with Crippen LogP contribution in [0.15, 0.2) is 34.2 Å². The molecule has 0 fully saturated rings. The van der Waals surface area contributed by atoms with E-state index < -0.39 is 10.1 Å². The molecule has 1 atom stereocenters. The van der Waals surface area contributed by atoms with Crippen LogP contribution in [0.2, 0.25) is 0 Å².